The predicted octanol–water partition coefficient (Wildman–Crippen LogP) is 1.69. The Hall–Kier alpha value is -1.36. The Kier molecular flexibility index (Phi) is 2.73. The minimum Gasteiger partial charge on any atom is -0.347 e. The van der Waals surface area contributed by atoms with Gasteiger partial charge in [0.15, 0.2) is 0 Å². The Labute approximate surface area is 95.1 Å². The van der Waals surface area contributed by atoms with Gasteiger partial charge in [0.1, 0.15) is 5.82 Å². The van der Waals surface area contributed by atoms with E-state index in [4.69, 9.17) is 0 Å². The van der Waals surface area contributed by atoms with Crippen molar-refractivity contribution in [3.63, 3.8) is 0 Å². The molecule has 4 nitrogen and oxygen atoms in total. The first kappa shape index (κ1) is 10.2. The van der Waals surface area contributed by atoms with Crippen LogP contribution in [0.3, 0.4) is 0 Å². The first-order valence-electron chi connectivity index (χ1n) is 4.51. The van der Waals surface area contributed by atoms with Gasteiger partial charge in [0.25, 0.3) is 5.56 Å². The molecule has 0 atom stereocenters. The standard InChI is InChI=1S/C10H10BrN3O/c1-7-4-8(11)5-14(10(7)15)6-9-12-2-3-13-9/h2-5H,6H2,1H3,(H,12,13). The Morgan fingerprint density at radius 3 is 3.07 bits per heavy atom. The second-order valence-corrected chi connectivity index (χ2v) is 4.23. The number of hydrogen-bond donors (Lipinski definition) is 1. The molecule has 0 saturated heterocycles. The summed E-state index contributed by atoms with van der Waals surface area (Å²) in [6.45, 7) is 2.26. The van der Waals surface area contributed by atoms with Gasteiger partial charge >= 0.3 is 0 Å². The highest BCUT2D eigenvalue weighted by atomic mass is 79.9. The summed E-state index contributed by atoms with van der Waals surface area (Å²) in [7, 11) is 0. The van der Waals surface area contributed by atoms with E-state index in [0.29, 0.717) is 6.54 Å². The van der Waals surface area contributed by atoms with Crippen molar-refractivity contribution in [2.45, 2.75) is 13.5 Å². The van der Waals surface area contributed by atoms with E-state index in [2.05, 4.69) is 25.9 Å². The lowest BCUT2D eigenvalue weighted by molar-refractivity contribution is 0.716. The fraction of sp³-hybridized carbons (Fsp3) is 0.200. The first-order valence-corrected chi connectivity index (χ1v) is 5.31. The molecule has 2 aromatic rings. The van der Waals surface area contributed by atoms with Crippen molar-refractivity contribution >= 4 is 15.9 Å². The third kappa shape index (κ3) is 2.18. The number of nitrogens with one attached hydrogen (secondary N) is 1. The van der Waals surface area contributed by atoms with E-state index in [1.165, 1.54) is 0 Å². The van der Waals surface area contributed by atoms with Crippen molar-refractivity contribution in [1.29, 1.82) is 0 Å². The van der Waals surface area contributed by atoms with Crippen LogP contribution < -0.4 is 5.56 Å². The van der Waals surface area contributed by atoms with E-state index in [-0.39, 0.29) is 5.56 Å². The number of hydrogen-bond acceptors (Lipinski definition) is 2. The first-order chi connectivity index (χ1) is 7.16. The van der Waals surface area contributed by atoms with Crippen LogP contribution in [0.25, 0.3) is 0 Å². The fourth-order valence-electron chi connectivity index (χ4n) is 1.40. The largest absolute Gasteiger partial charge is 0.347 e. The van der Waals surface area contributed by atoms with E-state index in [0.717, 1.165) is 15.9 Å². The summed E-state index contributed by atoms with van der Waals surface area (Å²) in [5.41, 5.74) is 0.727. The van der Waals surface area contributed by atoms with Crippen LogP contribution in [0.1, 0.15) is 11.4 Å². The summed E-state index contributed by atoms with van der Waals surface area (Å²) in [6, 6.07) is 1.81. The molecule has 0 radical (unpaired) electrons. The maximum atomic E-state index is 11.7. The van der Waals surface area contributed by atoms with E-state index in [1.54, 1.807) is 36.1 Å². The van der Waals surface area contributed by atoms with Crippen LogP contribution in [-0.4, -0.2) is 14.5 Å². The van der Waals surface area contributed by atoms with Gasteiger partial charge in [0, 0.05) is 28.6 Å². The second kappa shape index (κ2) is 4.02. The van der Waals surface area contributed by atoms with Crippen LogP contribution in [0, 0.1) is 6.92 Å². The summed E-state index contributed by atoms with van der Waals surface area (Å²) in [4.78, 5) is 18.8. The van der Waals surface area contributed by atoms with Gasteiger partial charge in [-0.15, -0.1) is 0 Å². The van der Waals surface area contributed by atoms with Gasteiger partial charge in [-0.3, -0.25) is 4.79 Å². The van der Waals surface area contributed by atoms with Crippen LogP contribution in [0.5, 0.6) is 0 Å². The average molecular weight is 268 g/mol. The minimum atomic E-state index is 0.00889. The van der Waals surface area contributed by atoms with Gasteiger partial charge in [-0.2, -0.15) is 0 Å². The summed E-state index contributed by atoms with van der Waals surface area (Å²) < 4.78 is 2.52. The molecule has 15 heavy (non-hydrogen) atoms. The summed E-state index contributed by atoms with van der Waals surface area (Å²) in [6.07, 6.45) is 5.17. The van der Waals surface area contributed by atoms with Crippen LogP contribution in [-0.2, 0) is 6.54 Å². The smallest absolute Gasteiger partial charge is 0.253 e. The van der Waals surface area contributed by atoms with Crippen molar-refractivity contribution in [2.24, 2.45) is 0 Å². The van der Waals surface area contributed by atoms with E-state index < -0.39 is 0 Å². The molecule has 0 spiro atoms. The van der Waals surface area contributed by atoms with Crippen molar-refractivity contribution in [3.8, 4) is 0 Å². The van der Waals surface area contributed by atoms with E-state index >= 15 is 0 Å². The maximum Gasteiger partial charge on any atom is 0.253 e. The van der Waals surface area contributed by atoms with Gasteiger partial charge in [-0.1, -0.05) is 0 Å². The molecule has 2 aromatic heterocycles. The molecule has 0 aliphatic carbocycles. The van der Waals surface area contributed by atoms with Crippen molar-refractivity contribution in [1.82, 2.24) is 14.5 Å². The highest BCUT2D eigenvalue weighted by molar-refractivity contribution is 9.10. The van der Waals surface area contributed by atoms with Crippen molar-refractivity contribution in [3.05, 3.63) is 50.9 Å². The third-order valence-electron chi connectivity index (χ3n) is 2.11. The molecular weight excluding hydrogens is 258 g/mol. The number of nitrogens with zero attached hydrogens (tertiary/aromatic N) is 2. The number of H-pyrrole nitrogens is 1. The van der Waals surface area contributed by atoms with E-state index in [1.807, 2.05) is 0 Å². The molecule has 0 saturated carbocycles. The molecule has 0 unspecified atom stereocenters. The molecular formula is C10H10BrN3O. The quantitative estimate of drug-likeness (QED) is 0.901. The van der Waals surface area contributed by atoms with Crippen LogP contribution in [0.2, 0.25) is 0 Å². The normalized spacial score (nSPS) is 10.5. The zero-order chi connectivity index (χ0) is 10.8. The number of rotatable bonds is 2. The third-order valence-corrected chi connectivity index (χ3v) is 2.54. The monoisotopic (exact) mass is 267 g/mol. The van der Waals surface area contributed by atoms with E-state index in [9.17, 15) is 4.79 Å². The van der Waals surface area contributed by atoms with Crippen LogP contribution in [0.15, 0.2) is 33.9 Å². The predicted molar refractivity (Wildman–Crippen MR) is 60.8 cm³/mol. The lowest BCUT2D eigenvalue weighted by Gasteiger charge is -2.05. The zero-order valence-corrected chi connectivity index (χ0v) is 9.78. The zero-order valence-electron chi connectivity index (χ0n) is 8.20. The minimum absolute atomic E-state index is 0.00889. The van der Waals surface area contributed by atoms with Gasteiger partial charge in [0.05, 0.1) is 6.54 Å². The molecule has 0 aromatic carbocycles. The summed E-state index contributed by atoms with van der Waals surface area (Å²) >= 11 is 3.36. The lowest BCUT2D eigenvalue weighted by Crippen LogP contribution is -2.22. The van der Waals surface area contributed by atoms with Gasteiger partial charge in [-0.05, 0) is 28.9 Å². The highest BCUT2D eigenvalue weighted by Crippen LogP contribution is 2.08. The average Bonchev–Trinajstić information content (AvgIpc) is 2.66. The molecule has 0 aliphatic rings. The Balaban J connectivity index is 2.41. The van der Waals surface area contributed by atoms with Crippen molar-refractivity contribution in [2.75, 3.05) is 0 Å². The van der Waals surface area contributed by atoms with Gasteiger partial charge < -0.3 is 9.55 Å². The molecule has 2 heterocycles. The second-order valence-electron chi connectivity index (χ2n) is 3.31. The number of imidazole rings is 1. The lowest BCUT2D eigenvalue weighted by atomic mass is 10.3. The molecule has 0 aliphatic heterocycles. The van der Waals surface area contributed by atoms with Gasteiger partial charge in [0.2, 0.25) is 0 Å². The number of aromatic nitrogens is 3. The highest BCUT2D eigenvalue weighted by Gasteiger charge is 2.03. The maximum absolute atomic E-state index is 11.7. The van der Waals surface area contributed by atoms with Crippen molar-refractivity contribution < 1.29 is 0 Å². The van der Waals surface area contributed by atoms with Gasteiger partial charge in [-0.25, -0.2) is 4.98 Å². The molecule has 0 amide bonds. The number of halogens is 1. The Morgan fingerprint density at radius 2 is 2.40 bits per heavy atom. The number of aryl methyl sites for hydroxylation is 1. The Bertz CT molecular complexity index is 516. The molecule has 1 N–H and O–H groups in total. The summed E-state index contributed by atoms with van der Waals surface area (Å²) in [5, 5.41) is 0. The summed E-state index contributed by atoms with van der Waals surface area (Å²) in [5.74, 6) is 0.773. The number of pyridine rings is 1. The fourth-order valence-corrected chi connectivity index (χ4v) is 1.99. The molecule has 78 valence electrons. The number of aromatic amines is 1. The topological polar surface area (TPSA) is 50.7 Å². The molecule has 2 rings (SSSR count). The molecule has 0 fully saturated rings. The van der Waals surface area contributed by atoms with Crippen LogP contribution >= 0.6 is 15.9 Å². The molecule has 5 heteroatoms. The van der Waals surface area contributed by atoms with Crippen LogP contribution in [0.4, 0.5) is 0 Å². The Morgan fingerprint density at radius 1 is 1.60 bits per heavy atom. The molecule has 0 bridgehead atoms. The SMILES string of the molecule is Cc1cc(Br)cn(Cc2ncc[nH]2)c1=O.